The minimum atomic E-state index is -0.175. The molecule has 0 saturated heterocycles. The molecule has 30 heavy (non-hydrogen) atoms. The first-order valence-corrected chi connectivity index (χ1v) is 10.3. The number of thiazole rings is 1. The monoisotopic (exact) mass is 421 g/mol. The zero-order valence-corrected chi connectivity index (χ0v) is 17.3. The number of amides is 1. The number of nitrogens with one attached hydrogen (secondary N) is 1. The van der Waals surface area contributed by atoms with Crippen LogP contribution in [-0.2, 0) is 0 Å². The van der Waals surface area contributed by atoms with Gasteiger partial charge in [-0.1, -0.05) is 11.3 Å². The van der Waals surface area contributed by atoms with E-state index in [-0.39, 0.29) is 5.91 Å². The Bertz CT molecular complexity index is 1240. The van der Waals surface area contributed by atoms with Crippen LogP contribution in [0.25, 0.3) is 16.2 Å². The van der Waals surface area contributed by atoms with Crippen molar-refractivity contribution < 1.29 is 19.0 Å². The lowest BCUT2D eigenvalue weighted by Crippen LogP contribution is -2.16. The fraction of sp³-hybridized carbons (Fsp3) is 0.182. The molecule has 0 unspecified atom stereocenters. The summed E-state index contributed by atoms with van der Waals surface area (Å²) in [4.78, 5) is 18.9. The van der Waals surface area contributed by atoms with Gasteiger partial charge in [0, 0.05) is 29.2 Å². The van der Waals surface area contributed by atoms with Gasteiger partial charge < -0.3 is 19.5 Å². The molecule has 5 rings (SSSR count). The summed E-state index contributed by atoms with van der Waals surface area (Å²) >= 11 is 1.36. The van der Waals surface area contributed by atoms with E-state index in [1.54, 1.807) is 25.3 Å². The number of hydrogen-bond donors (Lipinski definition) is 1. The number of ether oxygens (including phenoxy) is 3. The predicted molar refractivity (Wildman–Crippen MR) is 115 cm³/mol. The van der Waals surface area contributed by atoms with Crippen molar-refractivity contribution >= 4 is 27.9 Å². The standard InChI is InChI=1S/C22H19N3O4S/c1-13-20(21(26)23-15-5-8-18-19(11-15)29-10-9-28-18)30-22-24-17(12-25(13)22)14-3-6-16(27-2)7-4-14/h3-8,11-12H,9-10H2,1-2H3,(H,23,26). The molecule has 1 aliphatic heterocycles. The lowest BCUT2D eigenvalue weighted by atomic mass is 10.2. The molecule has 0 bridgehead atoms. The molecular formula is C22H19N3O4S. The molecule has 0 atom stereocenters. The van der Waals surface area contributed by atoms with Gasteiger partial charge in [0.2, 0.25) is 0 Å². The molecule has 0 saturated carbocycles. The Hall–Kier alpha value is -3.52. The minimum Gasteiger partial charge on any atom is -0.497 e. The number of carbonyl (C=O) groups is 1. The van der Waals surface area contributed by atoms with Gasteiger partial charge in [-0.3, -0.25) is 9.20 Å². The number of methoxy groups -OCH3 is 1. The smallest absolute Gasteiger partial charge is 0.267 e. The molecule has 8 heteroatoms. The highest BCUT2D eigenvalue weighted by Crippen LogP contribution is 2.33. The van der Waals surface area contributed by atoms with Crippen LogP contribution in [0.2, 0.25) is 0 Å². The lowest BCUT2D eigenvalue weighted by Gasteiger charge is -2.18. The van der Waals surface area contributed by atoms with Crippen LogP contribution in [0.5, 0.6) is 17.2 Å². The number of hydrogen-bond acceptors (Lipinski definition) is 6. The number of nitrogens with zero attached hydrogens (tertiary/aromatic N) is 2. The zero-order chi connectivity index (χ0) is 20.7. The SMILES string of the molecule is COc1ccc(-c2cn3c(C)c(C(=O)Nc4ccc5c(c4)OCCO5)sc3n2)cc1. The van der Waals surface area contributed by atoms with Crippen LogP contribution in [0.1, 0.15) is 15.4 Å². The normalized spacial score (nSPS) is 12.7. The average Bonchev–Trinajstić information content (AvgIpc) is 3.33. The first-order valence-electron chi connectivity index (χ1n) is 9.46. The van der Waals surface area contributed by atoms with Gasteiger partial charge in [0.1, 0.15) is 23.8 Å². The van der Waals surface area contributed by atoms with Crippen molar-refractivity contribution in [1.82, 2.24) is 9.38 Å². The highest BCUT2D eigenvalue weighted by Gasteiger charge is 2.19. The summed E-state index contributed by atoms with van der Waals surface area (Å²) in [5.74, 6) is 1.96. The van der Waals surface area contributed by atoms with Crippen LogP contribution >= 0.6 is 11.3 Å². The molecule has 2 aromatic heterocycles. The van der Waals surface area contributed by atoms with Crippen LogP contribution in [0.15, 0.2) is 48.7 Å². The summed E-state index contributed by atoms with van der Waals surface area (Å²) in [7, 11) is 1.64. The molecule has 152 valence electrons. The van der Waals surface area contributed by atoms with Crippen LogP contribution in [0.3, 0.4) is 0 Å². The Morgan fingerprint density at radius 2 is 1.90 bits per heavy atom. The number of aromatic nitrogens is 2. The Kier molecular flexibility index (Phi) is 4.55. The largest absolute Gasteiger partial charge is 0.497 e. The van der Waals surface area contributed by atoms with E-state index in [1.165, 1.54) is 11.3 Å². The second kappa shape index (κ2) is 7.38. The van der Waals surface area contributed by atoms with Gasteiger partial charge in [-0.05, 0) is 43.3 Å². The highest BCUT2D eigenvalue weighted by atomic mass is 32.1. The van der Waals surface area contributed by atoms with Gasteiger partial charge in [0.25, 0.3) is 5.91 Å². The molecule has 0 radical (unpaired) electrons. The Morgan fingerprint density at radius 1 is 1.13 bits per heavy atom. The van der Waals surface area contributed by atoms with Crippen LogP contribution < -0.4 is 19.5 Å². The maximum atomic E-state index is 12.9. The minimum absolute atomic E-state index is 0.175. The van der Waals surface area contributed by atoms with E-state index in [0.29, 0.717) is 35.3 Å². The van der Waals surface area contributed by atoms with Gasteiger partial charge in [-0.15, -0.1) is 0 Å². The summed E-state index contributed by atoms with van der Waals surface area (Å²) < 4.78 is 18.3. The first kappa shape index (κ1) is 18.5. The van der Waals surface area contributed by atoms with Crippen LogP contribution in [0.4, 0.5) is 5.69 Å². The molecule has 7 nitrogen and oxygen atoms in total. The number of imidazole rings is 1. The highest BCUT2D eigenvalue weighted by molar-refractivity contribution is 7.19. The third-order valence-corrected chi connectivity index (χ3v) is 6.10. The summed E-state index contributed by atoms with van der Waals surface area (Å²) in [6, 6.07) is 13.1. The fourth-order valence-electron chi connectivity index (χ4n) is 3.37. The molecule has 1 N–H and O–H groups in total. The molecule has 1 aliphatic rings. The van der Waals surface area contributed by atoms with Gasteiger partial charge in [0.05, 0.1) is 12.8 Å². The van der Waals surface area contributed by atoms with Crippen molar-refractivity contribution in [3.8, 4) is 28.5 Å². The molecule has 3 heterocycles. The number of anilines is 1. The number of carbonyl (C=O) groups excluding carboxylic acids is 1. The number of benzene rings is 2. The van der Waals surface area contributed by atoms with Crippen molar-refractivity contribution in [3.05, 3.63) is 59.2 Å². The summed E-state index contributed by atoms with van der Waals surface area (Å²) in [6.07, 6.45) is 1.95. The van der Waals surface area contributed by atoms with Gasteiger partial charge >= 0.3 is 0 Å². The molecule has 1 amide bonds. The van der Waals surface area contributed by atoms with Crippen molar-refractivity contribution in [1.29, 1.82) is 0 Å². The number of fused-ring (bicyclic) bond motifs is 2. The Morgan fingerprint density at radius 3 is 2.63 bits per heavy atom. The van der Waals surface area contributed by atoms with E-state index in [0.717, 1.165) is 27.7 Å². The van der Waals surface area contributed by atoms with E-state index >= 15 is 0 Å². The van der Waals surface area contributed by atoms with E-state index < -0.39 is 0 Å². The number of rotatable bonds is 4. The van der Waals surface area contributed by atoms with Gasteiger partial charge in [0.15, 0.2) is 16.5 Å². The summed E-state index contributed by atoms with van der Waals surface area (Å²) in [5.41, 5.74) is 3.35. The second-order valence-electron chi connectivity index (χ2n) is 6.84. The average molecular weight is 421 g/mol. The predicted octanol–water partition coefficient (Wildman–Crippen LogP) is 4.40. The maximum Gasteiger partial charge on any atom is 0.267 e. The Labute approximate surface area is 176 Å². The quantitative estimate of drug-likeness (QED) is 0.529. The molecule has 4 aromatic rings. The van der Waals surface area contributed by atoms with E-state index in [2.05, 4.69) is 5.32 Å². The molecule has 0 spiro atoms. The Balaban J connectivity index is 1.39. The fourth-order valence-corrected chi connectivity index (χ4v) is 4.37. The van der Waals surface area contributed by atoms with E-state index in [9.17, 15) is 4.79 Å². The first-order chi connectivity index (χ1) is 14.6. The second-order valence-corrected chi connectivity index (χ2v) is 7.81. The topological polar surface area (TPSA) is 74.1 Å². The zero-order valence-electron chi connectivity index (χ0n) is 16.5. The number of aryl methyl sites for hydroxylation is 1. The van der Waals surface area contributed by atoms with Crippen molar-refractivity contribution in [2.24, 2.45) is 0 Å². The maximum absolute atomic E-state index is 12.9. The lowest BCUT2D eigenvalue weighted by molar-refractivity contribution is 0.102. The third-order valence-electron chi connectivity index (χ3n) is 4.95. The summed E-state index contributed by atoms with van der Waals surface area (Å²) in [6.45, 7) is 2.95. The van der Waals surface area contributed by atoms with Crippen LogP contribution in [-0.4, -0.2) is 35.6 Å². The molecule has 2 aromatic carbocycles. The van der Waals surface area contributed by atoms with Crippen molar-refractivity contribution in [2.75, 3.05) is 25.6 Å². The molecule has 0 fully saturated rings. The third kappa shape index (κ3) is 3.25. The molecular weight excluding hydrogens is 402 g/mol. The van der Waals surface area contributed by atoms with Crippen LogP contribution in [0, 0.1) is 6.92 Å². The van der Waals surface area contributed by atoms with Gasteiger partial charge in [-0.2, -0.15) is 0 Å². The van der Waals surface area contributed by atoms with Crippen molar-refractivity contribution in [2.45, 2.75) is 6.92 Å². The summed E-state index contributed by atoms with van der Waals surface area (Å²) in [5, 5.41) is 2.94. The van der Waals surface area contributed by atoms with E-state index in [4.69, 9.17) is 19.2 Å². The van der Waals surface area contributed by atoms with E-state index in [1.807, 2.05) is 41.8 Å². The van der Waals surface area contributed by atoms with Gasteiger partial charge in [-0.25, -0.2) is 4.98 Å². The van der Waals surface area contributed by atoms with Crippen molar-refractivity contribution in [3.63, 3.8) is 0 Å². The molecule has 0 aliphatic carbocycles.